The number of nitrogens with one attached hydrogen (secondary N) is 2. The van der Waals surface area contributed by atoms with E-state index in [0.717, 1.165) is 10.9 Å². The van der Waals surface area contributed by atoms with E-state index in [9.17, 15) is 4.79 Å². The molecule has 3 rings (SSSR count). The second kappa shape index (κ2) is 4.37. The van der Waals surface area contributed by atoms with Gasteiger partial charge in [-0.15, -0.1) is 0 Å². The third-order valence-electron chi connectivity index (χ3n) is 2.76. The van der Waals surface area contributed by atoms with Crippen LogP contribution in [0.25, 0.3) is 10.9 Å². The van der Waals surface area contributed by atoms with Crippen LogP contribution in [0.5, 0.6) is 0 Å². The van der Waals surface area contributed by atoms with Crippen LogP contribution >= 0.6 is 0 Å². The number of hydrogen-bond acceptors (Lipinski definition) is 3. The molecule has 1 aromatic carbocycles. The number of fused-ring (bicyclic) bond motifs is 1. The average Bonchev–Trinajstić information content (AvgIpc) is 3.05. The van der Waals surface area contributed by atoms with Gasteiger partial charge in [-0.1, -0.05) is 23.4 Å². The van der Waals surface area contributed by atoms with Crippen LogP contribution in [-0.2, 0) is 6.54 Å². The van der Waals surface area contributed by atoms with Crippen molar-refractivity contribution in [2.24, 2.45) is 0 Å². The Labute approximate surface area is 103 Å². The van der Waals surface area contributed by atoms with Gasteiger partial charge in [-0.05, 0) is 6.07 Å². The summed E-state index contributed by atoms with van der Waals surface area (Å²) in [7, 11) is 0. The van der Waals surface area contributed by atoms with Gasteiger partial charge in [0.1, 0.15) is 12.0 Å². The predicted molar refractivity (Wildman–Crippen MR) is 66.0 cm³/mol. The summed E-state index contributed by atoms with van der Waals surface area (Å²) in [5, 5.41) is 7.44. The number of hydrogen-bond donors (Lipinski definition) is 2. The molecule has 2 aromatic heterocycles. The fourth-order valence-corrected chi connectivity index (χ4v) is 1.85. The molecule has 0 aliphatic rings. The maximum atomic E-state index is 12.0. The lowest BCUT2D eigenvalue weighted by Gasteiger charge is -2.01. The molecule has 0 unspecified atom stereocenters. The Morgan fingerprint density at radius 2 is 2.22 bits per heavy atom. The molecule has 0 radical (unpaired) electrons. The summed E-state index contributed by atoms with van der Waals surface area (Å²) in [6, 6.07) is 9.40. The van der Waals surface area contributed by atoms with Gasteiger partial charge < -0.3 is 14.8 Å². The zero-order valence-electron chi connectivity index (χ0n) is 9.51. The van der Waals surface area contributed by atoms with Gasteiger partial charge in [0, 0.05) is 23.2 Å². The first-order valence-corrected chi connectivity index (χ1v) is 5.58. The van der Waals surface area contributed by atoms with Crippen molar-refractivity contribution in [3.63, 3.8) is 0 Å². The Morgan fingerprint density at radius 1 is 1.33 bits per heavy atom. The van der Waals surface area contributed by atoms with Crippen LogP contribution in [0.2, 0.25) is 0 Å². The third kappa shape index (κ3) is 1.86. The first-order chi connectivity index (χ1) is 8.84. The van der Waals surface area contributed by atoms with E-state index in [0.29, 0.717) is 17.8 Å². The van der Waals surface area contributed by atoms with Gasteiger partial charge in [0.05, 0.1) is 12.1 Å². The number of rotatable bonds is 3. The molecule has 2 N–H and O–H groups in total. The zero-order chi connectivity index (χ0) is 12.4. The quantitative estimate of drug-likeness (QED) is 0.737. The molecule has 5 heteroatoms. The smallest absolute Gasteiger partial charge is 0.253 e. The van der Waals surface area contributed by atoms with Crippen LogP contribution in [0.4, 0.5) is 0 Å². The fraction of sp³-hybridized carbons (Fsp3) is 0.0769. The van der Waals surface area contributed by atoms with Gasteiger partial charge in [-0.2, -0.15) is 0 Å². The number of nitrogens with zero attached hydrogens (tertiary/aromatic N) is 1. The van der Waals surface area contributed by atoms with E-state index in [1.54, 1.807) is 12.3 Å². The Bertz CT molecular complexity index is 670. The van der Waals surface area contributed by atoms with Crippen molar-refractivity contribution in [1.29, 1.82) is 0 Å². The van der Waals surface area contributed by atoms with Crippen LogP contribution in [-0.4, -0.2) is 16.0 Å². The van der Waals surface area contributed by atoms with Gasteiger partial charge in [0.15, 0.2) is 0 Å². The number of H-pyrrole nitrogens is 1. The number of aromatic amines is 1. The number of para-hydroxylation sites is 1. The average molecular weight is 241 g/mol. The van der Waals surface area contributed by atoms with Crippen molar-refractivity contribution in [2.75, 3.05) is 0 Å². The van der Waals surface area contributed by atoms with Gasteiger partial charge in [-0.25, -0.2) is 0 Å². The molecule has 1 amide bonds. The molecule has 0 fully saturated rings. The molecule has 18 heavy (non-hydrogen) atoms. The van der Waals surface area contributed by atoms with Crippen LogP contribution in [0.3, 0.4) is 0 Å². The number of carbonyl (C=O) groups excluding carboxylic acids is 1. The second-order valence-corrected chi connectivity index (χ2v) is 3.92. The van der Waals surface area contributed by atoms with Crippen molar-refractivity contribution in [2.45, 2.75) is 6.54 Å². The van der Waals surface area contributed by atoms with Gasteiger partial charge in [0.25, 0.3) is 5.91 Å². The molecule has 0 aliphatic carbocycles. The summed E-state index contributed by atoms with van der Waals surface area (Å²) >= 11 is 0. The van der Waals surface area contributed by atoms with E-state index in [2.05, 4.69) is 15.5 Å². The molecule has 0 atom stereocenters. The second-order valence-electron chi connectivity index (χ2n) is 3.92. The number of amides is 1. The Kier molecular flexibility index (Phi) is 2.57. The molecule has 0 saturated heterocycles. The van der Waals surface area contributed by atoms with E-state index in [4.69, 9.17) is 4.52 Å². The highest BCUT2D eigenvalue weighted by Crippen LogP contribution is 2.17. The standard InChI is InChI=1S/C13H11N3O2/c17-13(15-7-9-5-6-18-16-9)11-8-14-12-4-2-1-3-10(11)12/h1-6,8,14H,7H2,(H,15,17). The molecule has 0 bridgehead atoms. The third-order valence-corrected chi connectivity index (χ3v) is 2.76. The lowest BCUT2D eigenvalue weighted by atomic mass is 10.1. The number of carbonyl (C=O) groups is 1. The first-order valence-electron chi connectivity index (χ1n) is 5.58. The van der Waals surface area contributed by atoms with E-state index < -0.39 is 0 Å². The largest absolute Gasteiger partial charge is 0.364 e. The van der Waals surface area contributed by atoms with E-state index >= 15 is 0 Å². The maximum Gasteiger partial charge on any atom is 0.253 e. The maximum absolute atomic E-state index is 12.0. The molecule has 0 saturated carbocycles. The predicted octanol–water partition coefficient (Wildman–Crippen LogP) is 2.09. The van der Waals surface area contributed by atoms with Gasteiger partial charge in [-0.3, -0.25) is 4.79 Å². The van der Waals surface area contributed by atoms with Gasteiger partial charge >= 0.3 is 0 Å². The molecule has 2 heterocycles. The molecular formula is C13H11N3O2. The van der Waals surface area contributed by atoms with Gasteiger partial charge in [0.2, 0.25) is 0 Å². The summed E-state index contributed by atoms with van der Waals surface area (Å²) in [6.45, 7) is 0.356. The molecule has 0 spiro atoms. The van der Waals surface area contributed by atoms with E-state index in [-0.39, 0.29) is 5.91 Å². The SMILES string of the molecule is O=C(NCc1ccon1)c1c[nH]c2ccccc12. The van der Waals surface area contributed by atoms with E-state index in [1.807, 2.05) is 24.3 Å². The van der Waals surface area contributed by atoms with Crippen molar-refractivity contribution in [3.8, 4) is 0 Å². The fourth-order valence-electron chi connectivity index (χ4n) is 1.85. The molecule has 0 aliphatic heterocycles. The lowest BCUT2D eigenvalue weighted by molar-refractivity contribution is 0.0952. The lowest BCUT2D eigenvalue weighted by Crippen LogP contribution is -2.22. The minimum absolute atomic E-state index is 0.129. The highest BCUT2D eigenvalue weighted by atomic mass is 16.5. The Morgan fingerprint density at radius 3 is 3.06 bits per heavy atom. The highest BCUT2D eigenvalue weighted by Gasteiger charge is 2.11. The minimum atomic E-state index is -0.129. The molecule has 3 aromatic rings. The van der Waals surface area contributed by atoms with Crippen molar-refractivity contribution in [1.82, 2.24) is 15.5 Å². The summed E-state index contributed by atoms with van der Waals surface area (Å²) in [5.74, 6) is -0.129. The van der Waals surface area contributed by atoms with Crippen molar-refractivity contribution >= 4 is 16.8 Å². The zero-order valence-corrected chi connectivity index (χ0v) is 9.51. The summed E-state index contributed by atoms with van der Waals surface area (Å²) in [4.78, 5) is 15.1. The minimum Gasteiger partial charge on any atom is -0.364 e. The van der Waals surface area contributed by atoms with Crippen molar-refractivity contribution in [3.05, 3.63) is 54.0 Å². The molecule has 90 valence electrons. The van der Waals surface area contributed by atoms with Crippen molar-refractivity contribution < 1.29 is 9.32 Å². The summed E-state index contributed by atoms with van der Waals surface area (Å²) in [5.41, 5.74) is 2.28. The molecule has 5 nitrogen and oxygen atoms in total. The molecular weight excluding hydrogens is 230 g/mol. The van der Waals surface area contributed by atoms with Crippen LogP contribution in [0.15, 0.2) is 47.3 Å². The highest BCUT2D eigenvalue weighted by molar-refractivity contribution is 6.06. The monoisotopic (exact) mass is 241 g/mol. The normalized spacial score (nSPS) is 10.7. The Balaban J connectivity index is 1.80. The van der Waals surface area contributed by atoms with Crippen LogP contribution < -0.4 is 5.32 Å². The number of aromatic nitrogens is 2. The topological polar surface area (TPSA) is 70.9 Å². The Hall–Kier alpha value is -2.56. The summed E-state index contributed by atoms with van der Waals surface area (Å²) in [6.07, 6.45) is 3.19. The van der Waals surface area contributed by atoms with E-state index in [1.165, 1.54) is 6.26 Å². The van der Waals surface area contributed by atoms with Crippen LogP contribution in [0.1, 0.15) is 16.1 Å². The van der Waals surface area contributed by atoms with Crippen LogP contribution in [0, 0.1) is 0 Å². The number of benzene rings is 1. The first kappa shape index (κ1) is 10.6. The summed E-state index contributed by atoms with van der Waals surface area (Å²) < 4.78 is 4.70.